The SMILES string of the molecule is COc1cc(CNCc2ccco2)cc(Cl)c1OCc1cccc(Cl)c1. The van der Waals surface area contributed by atoms with Crippen LogP contribution in [0.4, 0.5) is 0 Å². The number of nitrogens with one attached hydrogen (secondary N) is 1. The van der Waals surface area contributed by atoms with Crippen molar-refractivity contribution >= 4 is 23.2 Å². The number of benzene rings is 2. The number of halogens is 2. The lowest BCUT2D eigenvalue weighted by Crippen LogP contribution is -2.12. The van der Waals surface area contributed by atoms with Gasteiger partial charge in [0.2, 0.25) is 0 Å². The molecule has 1 N–H and O–H groups in total. The molecule has 3 rings (SSSR count). The van der Waals surface area contributed by atoms with Crippen molar-refractivity contribution in [2.75, 3.05) is 7.11 Å². The fraction of sp³-hybridized carbons (Fsp3) is 0.200. The van der Waals surface area contributed by atoms with E-state index in [1.165, 1.54) is 0 Å². The predicted octanol–water partition coefficient (Wildman–Crippen LogP) is 5.46. The normalized spacial score (nSPS) is 10.7. The summed E-state index contributed by atoms with van der Waals surface area (Å²) in [6.45, 7) is 1.62. The Morgan fingerprint density at radius 1 is 1.00 bits per heavy atom. The van der Waals surface area contributed by atoms with Gasteiger partial charge in [-0.2, -0.15) is 0 Å². The van der Waals surface area contributed by atoms with Crippen LogP contribution in [0.15, 0.2) is 59.2 Å². The molecule has 0 amide bonds. The maximum Gasteiger partial charge on any atom is 0.180 e. The quantitative estimate of drug-likeness (QED) is 0.553. The zero-order chi connectivity index (χ0) is 18.4. The molecule has 0 atom stereocenters. The highest BCUT2D eigenvalue weighted by Crippen LogP contribution is 2.37. The lowest BCUT2D eigenvalue weighted by atomic mass is 10.2. The van der Waals surface area contributed by atoms with Gasteiger partial charge in [-0.3, -0.25) is 0 Å². The van der Waals surface area contributed by atoms with Crippen molar-refractivity contribution in [3.8, 4) is 11.5 Å². The number of furan rings is 1. The first-order valence-electron chi connectivity index (χ1n) is 8.12. The van der Waals surface area contributed by atoms with Crippen LogP contribution in [-0.2, 0) is 19.7 Å². The predicted molar refractivity (Wildman–Crippen MR) is 103 cm³/mol. The first kappa shape index (κ1) is 18.6. The Morgan fingerprint density at radius 3 is 2.62 bits per heavy atom. The summed E-state index contributed by atoms with van der Waals surface area (Å²) in [7, 11) is 1.60. The average Bonchev–Trinajstić information content (AvgIpc) is 3.14. The van der Waals surface area contributed by atoms with E-state index in [0.717, 1.165) is 16.9 Å². The first-order chi connectivity index (χ1) is 12.7. The van der Waals surface area contributed by atoms with Gasteiger partial charge in [0.05, 0.1) is 24.9 Å². The molecule has 26 heavy (non-hydrogen) atoms. The maximum atomic E-state index is 6.41. The molecule has 0 saturated carbocycles. The molecule has 3 aromatic rings. The maximum absolute atomic E-state index is 6.41. The summed E-state index contributed by atoms with van der Waals surface area (Å²) in [5.74, 6) is 1.99. The summed E-state index contributed by atoms with van der Waals surface area (Å²) in [6.07, 6.45) is 1.66. The van der Waals surface area contributed by atoms with E-state index < -0.39 is 0 Å². The van der Waals surface area contributed by atoms with E-state index in [1.807, 2.05) is 48.5 Å². The van der Waals surface area contributed by atoms with E-state index in [1.54, 1.807) is 13.4 Å². The molecule has 0 spiro atoms. The van der Waals surface area contributed by atoms with Crippen LogP contribution in [0.2, 0.25) is 10.0 Å². The number of ether oxygens (including phenoxy) is 2. The van der Waals surface area contributed by atoms with Gasteiger partial charge in [-0.05, 0) is 47.5 Å². The summed E-state index contributed by atoms with van der Waals surface area (Å²) in [5.41, 5.74) is 1.95. The van der Waals surface area contributed by atoms with Gasteiger partial charge >= 0.3 is 0 Å². The fourth-order valence-corrected chi connectivity index (χ4v) is 3.04. The molecule has 0 bridgehead atoms. The van der Waals surface area contributed by atoms with Crippen LogP contribution in [-0.4, -0.2) is 7.11 Å². The number of methoxy groups -OCH3 is 1. The van der Waals surface area contributed by atoms with E-state index >= 15 is 0 Å². The summed E-state index contributed by atoms with van der Waals surface area (Å²) >= 11 is 12.4. The third-order valence-corrected chi connectivity index (χ3v) is 4.29. The van der Waals surface area contributed by atoms with Gasteiger partial charge in [0.1, 0.15) is 12.4 Å². The van der Waals surface area contributed by atoms with E-state index in [9.17, 15) is 0 Å². The lowest BCUT2D eigenvalue weighted by molar-refractivity contribution is 0.284. The molecule has 1 aromatic heterocycles. The van der Waals surface area contributed by atoms with Gasteiger partial charge in [0.25, 0.3) is 0 Å². The Labute approximate surface area is 162 Å². The third-order valence-electron chi connectivity index (χ3n) is 3.77. The molecule has 0 radical (unpaired) electrons. The largest absolute Gasteiger partial charge is 0.493 e. The minimum Gasteiger partial charge on any atom is -0.493 e. The number of hydrogen-bond acceptors (Lipinski definition) is 4. The van der Waals surface area contributed by atoms with E-state index in [4.69, 9.17) is 37.1 Å². The van der Waals surface area contributed by atoms with Crippen LogP contribution in [0, 0.1) is 0 Å². The molecule has 0 aliphatic rings. The molecule has 0 aliphatic carbocycles. The van der Waals surface area contributed by atoms with Crippen molar-refractivity contribution in [2.24, 2.45) is 0 Å². The molecule has 1 heterocycles. The molecule has 136 valence electrons. The second-order valence-electron chi connectivity index (χ2n) is 5.71. The average molecular weight is 392 g/mol. The molecule has 0 unspecified atom stereocenters. The Balaban J connectivity index is 1.66. The topological polar surface area (TPSA) is 43.6 Å². The van der Waals surface area contributed by atoms with Gasteiger partial charge < -0.3 is 19.2 Å². The van der Waals surface area contributed by atoms with Gasteiger partial charge in [-0.1, -0.05) is 35.3 Å². The third kappa shape index (κ3) is 4.94. The van der Waals surface area contributed by atoms with Crippen LogP contribution in [0.5, 0.6) is 11.5 Å². The van der Waals surface area contributed by atoms with Gasteiger partial charge in [0.15, 0.2) is 11.5 Å². The van der Waals surface area contributed by atoms with Crippen molar-refractivity contribution in [3.05, 3.63) is 81.7 Å². The van der Waals surface area contributed by atoms with Crippen molar-refractivity contribution in [2.45, 2.75) is 19.7 Å². The highest BCUT2D eigenvalue weighted by Gasteiger charge is 2.12. The summed E-state index contributed by atoms with van der Waals surface area (Å²) < 4.78 is 16.6. The molecule has 2 aromatic carbocycles. The van der Waals surface area contributed by atoms with Gasteiger partial charge in [-0.15, -0.1) is 0 Å². The highest BCUT2D eigenvalue weighted by atomic mass is 35.5. The standard InChI is InChI=1S/C20H19Cl2NO3/c1-24-19-10-15(11-23-12-17-6-3-7-25-17)9-18(22)20(19)26-13-14-4-2-5-16(21)8-14/h2-10,23H,11-13H2,1H3. The molecular weight excluding hydrogens is 373 g/mol. The molecule has 0 aliphatic heterocycles. The van der Waals surface area contributed by atoms with E-state index in [0.29, 0.717) is 41.2 Å². The van der Waals surface area contributed by atoms with Crippen LogP contribution in [0.25, 0.3) is 0 Å². The van der Waals surface area contributed by atoms with Gasteiger partial charge in [0, 0.05) is 11.6 Å². The summed E-state index contributed by atoms with van der Waals surface area (Å²) in [6, 6.07) is 15.1. The molecule has 6 heteroatoms. The number of hydrogen-bond donors (Lipinski definition) is 1. The van der Waals surface area contributed by atoms with Crippen molar-refractivity contribution in [1.82, 2.24) is 5.32 Å². The molecule has 4 nitrogen and oxygen atoms in total. The monoisotopic (exact) mass is 391 g/mol. The van der Waals surface area contributed by atoms with E-state index in [2.05, 4.69) is 5.32 Å². The molecular formula is C20H19Cl2NO3. The second kappa shape index (κ2) is 8.99. The van der Waals surface area contributed by atoms with Crippen LogP contribution in [0.3, 0.4) is 0 Å². The Bertz CT molecular complexity index is 850. The zero-order valence-electron chi connectivity index (χ0n) is 14.3. The van der Waals surface area contributed by atoms with Gasteiger partial charge in [-0.25, -0.2) is 0 Å². The summed E-state index contributed by atoms with van der Waals surface area (Å²) in [4.78, 5) is 0. The van der Waals surface area contributed by atoms with E-state index in [-0.39, 0.29) is 0 Å². The molecule has 0 fully saturated rings. The van der Waals surface area contributed by atoms with Crippen molar-refractivity contribution in [1.29, 1.82) is 0 Å². The Kier molecular flexibility index (Phi) is 6.45. The first-order valence-corrected chi connectivity index (χ1v) is 8.88. The minimum atomic E-state index is 0.354. The molecule has 0 saturated heterocycles. The van der Waals surface area contributed by atoms with Crippen LogP contribution in [0.1, 0.15) is 16.9 Å². The van der Waals surface area contributed by atoms with Crippen LogP contribution < -0.4 is 14.8 Å². The lowest BCUT2D eigenvalue weighted by Gasteiger charge is -2.14. The zero-order valence-corrected chi connectivity index (χ0v) is 15.8. The highest BCUT2D eigenvalue weighted by molar-refractivity contribution is 6.32. The minimum absolute atomic E-state index is 0.354. The van der Waals surface area contributed by atoms with Crippen molar-refractivity contribution in [3.63, 3.8) is 0 Å². The smallest absolute Gasteiger partial charge is 0.180 e. The summed E-state index contributed by atoms with van der Waals surface area (Å²) in [5, 5.41) is 4.47. The number of rotatable bonds is 8. The van der Waals surface area contributed by atoms with Crippen LogP contribution >= 0.6 is 23.2 Å². The second-order valence-corrected chi connectivity index (χ2v) is 6.55. The Hall–Kier alpha value is -2.14. The Morgan fingerprint density at radius 2 is 1.88 bits per heavy atom. The van der Waals surface area contributed by atoms with Crippen molar-refractivity contribution < 1.29 is 13.9 Å². The fourth-order valence-electron chi connectivity index (χ4n) is 2.54.